The van der Waals surface area contributed by atoms with Gasteiger partial charge in [0, 0.05) is 24.4 Å². The molecule has 1 aromatic heterocycles. The van der Waals surface area contributed by atoms with Gasteiger partial charge in [-0.15, -0.1) is 0 Å². The molecular formula is C18H15NO4S. The topological polar surface area (TPSA) is 63.7 Å². The Morgan fingerprint density at radius 3 is 2.92 bits per heavy atom. The summed E-state index contributed by atoms with van der Waals surface area (Å²) in [7, 11) is 1.71. The number of hydrogen-bond donors (Lipinski definition) is 0. The molecule has 1 aliphatic rings. The van der Waals surface area contributed by atoms with Crippen LogP contribution in [0.15, 0.2) is 41.1 Å². The molecule has 0 unspecified atom stereocenters. The number of ether oxygens (including phenoxy) is 1. The van der Waals surface area contributed by atoms with E-state index in [2.05, 4.69) is 0 Å². The summed E-state index contributed by atoms with van der Waals surface area (Å²) >= 11 is 1.53. The molecule has 0 atom stereocenters. The van der Waals surface area contributed by atoms with E-state index in [1.54, 1.807) is 36.2 Å². The molecule has 0 saturated heterocycles. The minimum atomic E-state index is -0.564. The second kappa shape index (κ2) is 6.80. The summed E-state index contributed by atoms with van der Waals surface area (Å²) in [5, 5.41) is 3.81. The zero-order valence-electron chi connectivity index (χ0n) is 13.0. The predicted octanol–water partition coefficient (Wildman–Crippen LogP) is 2.71. The lowest BCUT2D eigenvalue weighted by Crippen LogP contribution is -2.20. The fraction of sp³-hybridized carbons (Fsp3) is 0.167. The minimum Gasteiger partial charge on any atom is -0.454 e. The number of nitrogens with zero attached hydrogens (tertiary/aromatic N) is 1. The Morgan fingerprint density at radius 2 is 2.17 bits per heavy atom. The Hall–Kier alpha value is -2.73. The number of carbonyl (C=O) groups excluding carboxylic acids is 3. The first-order valence-corrected chi connectivity index (χ1v) is 8.28. The summed E-state index contributed by atoms with van der Waals surface area (Å²) < 4.78 is 4.97. The molecule has 1 amide bonds. The maximum absolute atomic E-state index is 12.1. The molecule has 2 heterocycles. The van der Waals surface area contributed by atoms with E-state index in [0.29, 0.717) is 5.56 Å². The first-order chi connectivity index (χ1) is 11.5. The molecule has 2 aromatic rings. The summed E-state index contributed by atoms with van der Waals surface area (Å²) in [6.07, 6.45) is 3.22. The van der Waals surface area contributed by atoms with Gasteiger partial charge < -0.3 is 9.64 Å². The van der Waals surface area contributed by atoms with Gasteiger partial charge in [0.1, 0.15) is 0 Å². The molecule has 3 rings (SSSR count). The van der Waals surface area contributed by atoms with Crippen LogP contribution in [-0.4, -0.2) is 31.3 Å². The Morgan fingerprint density at radius 1 is 1.33 bits per heavy atom. The van der Waals surface area contributed by atoms with E-state index in [1.165, 1.54) is 17.4 Å². The lowest BCUT2D eigenvalue weighted by molar-refractivity contribution is -0.136. The summed E-state index contributed by atoms with van der Waals surface area (Å²) in [5.74, 6) is -0.859. The zero-order valence-corrected chi connectivity index (χ0v) is 13.8. The van der Waals surface area contributed by atoms with Crippen molar-refractivity contribution in [2.75, 3.05) is 18.6 Å². The van der Waals surface area contributed by atoms with Gasteiger partial charge in [-0.2, -0.15) is 11.3 Å². The average Bonchev–Trinajstić information content (AvgIpc) is 3.19. The second-order valence-electron chi connectivity index (χ2n) is 5.39. The molecule has 0 fully saturated rings. The molecule has 122 valence electrons. The van der Waals surface area contributed by atoms with E-state index in [-0.39, 0.29) is 24.7 Å². The highest BCUT2D eigenvalue weighted by atomic mass is 32.1. The van der Waals surface area contributed by atoms with Crippen LogP contribution >= 0.6 is 11.3 Å². The van der Waals surface area contributed by atoms with Crippen LogP contribution in [0.1, 0.15) is 21.5 Å². The first kappa shape index (κ1) is 16.1. The highest BCUT2D eigenvalue weighted by Gasteiger charge is 2.24. The van der Waals surface area contributed by atoms with Crippen LogP contribution in [0.2, 0.25) is 0 Å². The first-order valence-electron chi connectivity index (χ1n) is 7.34. The van der Waals surface area contributed by atoms with Crippen molar-refractivity contribution in [2.45, 2.75) is 6.42 Å². The van der Waals surface area contributed by atoms with Gasteiger partial charge in [-0.25, -0.2) is 4.79 Å². The highest BCUT2D eigenvalue weighted by molar-refractivity contribution is 7.08. The average molecular weight is 341 g/mol. The van der Waals surface area contributed by atoms with Crippen molar-refractivity contribution in [2.24, 2.45) is 0 Å². The Balaban J connectivity index is 1.59. The van der Waals surface area contributed by atoms with Gasteiger partial charge >= 0.3 is 5.97 Å². The largest absolute Gasteiger partial charge is 0.454 e. The molecule has 5 nitrogen and oxygen atoms in total. The van der Waals surface area contributed by atoms with Crippen LogP contribution in [0.3, 0.4) is 0 Å². The lowest BCUT2D eigenvalue weighted by atomic mass is 10.1. The van der Waals surface area contributed by atoms with Gasteiger partial charge in [0.05, 0.1) is 6.42 Å². The number of Topliss-reactive ketones (excluding diaryl/α,β-unsaturated/α-hetero) is 1. The fourth-order valence-electron chi connectivity index (χ4n) is 2.45. The monoisotopic (exact) mass is 341 g/mol. The Bertz CT molecular complexity index is 824. The van der Waals surface area contributed by atoms with Crippen LogP contribution in [0.4, 0.5) is 5.69 Å². The summed E-state index contributed by atoms with van der Waals surface area (Å²) in [6, 6.07) is 6.95. The van der Waals surface area contributed by atoms with Crippen LogP contribution < -0.4 is 4.90 Å². The van der Waals surface area contributed by atoms with Crippen LogP contribution in [0.5, 0.6) is 0 Å². The normalized spacial score (nSPS) is 13.4. The number of ketones is 1. The number of rotatable bonds is 5. The van der Waals surface area contributed by atoms with Gasteiger partial charge in [0.25, 0.3) is 0 Å². The van der Waals surface area contributed by atoms with Crippen molar-refractivity contribution in [1.82, 2.24) is 0 Å². The van der Waals surface area contributed by atoms with Gasteiger partial charge in [-0.1, -0.05) is 0 Å². The Labute approximate surface area is 143 Å². The summed E-state index contributed by atoms with van der Waals surface area (Å²) in [4.78, 5) is 37.0. The quantitative estimate of drug-likeness (QED) is 0.476. The molecule has 0 radical (unpaired) electrons. The molecule has 0 spiro atoms. The number of fused-ring (bicyclic) bond motifs is 1. The van der Waals surface area contributed by atoms with Crippen molar-refractivity contribution >= 4 is 40.8 Å². The SMILES string of the molecule is CN1C(=O)Cc2cc(C(=O)COC(=O)/C=C/c3ccsc3)ccc21. The molecule has 1 aliphatic heterocycles. The molecule has 6 heteroatoms. The van der Waals surface area contributed by atoms with Gasteiger partial charge in [0.15, 0.2) is 12.4 Å². The number of esters is 1. The molecule has 0 saturated carbocycles. The fourth-order valence-corrected chi connectivity index (χ4v) is 3.07. The highest BCUT2D eigenvalue weighted by Crippen LogP contribution is 2.28. The van der Waals surface area contributed by atoms with E-state index in [9.17, 15) is 14.4 Å². The van der Waals surface area contributed by atoms with E-state index >= 15 is 0 Å². The number of thiophene rings is 1. The van der Waals surface area contributed by atoms with Crippen LogP contribution in [0.25, 0.3) is 6.08 Å². The standard InChI is InChI=1S/C18H15NO4S/c1-19-15-4-3-13(8-14(15)9-17(19)21)16(20)10-23-18(22)5-2-12-6-7-24-11-12/h2-8,11H,9-10H2,1H3/b5-2+. The van der Waals surface area contributed by atoms with E-state index in [4.69, 9.17) is 4.74 Å². The second-order valence-corrected chi connectivity index (χ2v) is 6.17. The van der Waals surface area contributed by atoms with Crippen molar-refractivity contribution in [3.63, 3.8) is 0 Å². The van der Waals surface area contributed by atoms with E-state index < -0.39 is 5.97 Å². The third kappa shape index (κ3) is 3.44. The number of amides is 1. The van der Waals surface area contributed by atoms with Crippen molar-refractivity contribution in [3.05, 3.63) is 57.8 Å². The van der Waals surface area contributed by atoms with Crippen molar-refractivity contribution < 1.29 is 19.1 Å². The maximum Gasteiger partial charge on any atom is 0.331 e. The van der Waals surface area contributed by atoms with Crippen molar-refractivity contribution in [1.29, 1.82) is 0 Å². The number of anilines is 1. The molecule has 1 aromatic carbocycles. The number of carbonyl (C=O) groups is 3. The smallest absolute Gasteiger partial charge is 0.331 e. The van der Waals surface area contributed by atoms with Crippen LogP contribution in [-0.2, 0) is 20.7 Å². The third-order valence-corrected chi connectivity index (χ3v) is 4.48. The van der Waals surface area contributed by atoms with Gasteiger partial charge in [0.2, 0.25) is 5.91 Å². The number of hydrogen-bond acceptors (Lipinski definition) is 5. The predicted molar refractivity (Wildman–Crippen MR) is 92.2 cm³/mol. The Kier molecular flexibility index (Phi) is 4.57. The van der Waals surface area contributed by atoms with Crippen LogP contribution in [0, 0.1) is 0 Å². The third-order valence-electron chi connectivity index (χ3n) is 3.78. The molecule has 0 N–H and O–H groups in total. The molecular weight excluding hydrogens is 326 g/mol. The van der Waals surface area contributed by atoms with Gasteiger partial charge in [-0.05, 0) is 52.2 Å². The van der Waals surface area contributed by atoms with Crippen molar-refractivity contribution in [3.8, 4) is 0 Å². The van der Waals surface area contributed by atoms with E-state index in [1.807, 2.05) is 16.8 Å². The van der Waals surface area contributed by atoms with E-state index in [0.717, 1.165) is 16.8 Å². The number of benzene rings is 1. The number of likely N-dealkylation sites (N-methyl/N-ethyl adjacent to an activating group) is 1. The summed E-state index contributed by atoms with van der Waals surface area (Å²) in [5.41, 5.74) is 2.98. The maximum atomic E-state index is 12.1. The summed E-state index contributed by atoms with van der Waals surface area (Å²) in [6.45, 7) is -0.324. The zero-order chi connectivity index (χ0) is 17.1. The molecule has 0 bridgehead atoms. The molecule has 0 aliphatic carbocycles. The molecule has 24 heavy (non-hydrogen) atoms. The van der Waals surface area contributed by atoms with Gasteiger partial charge in [-0.3, -0.25) is 9.59 Å². The minimum absolute atomic E-state index is 0.000376. The lowest BCUT2D eigenvalue weighted by Gasteiger charge is -2.10.